The van der Waals surface area contributed by atoms with E-state index in [1.54, 1.807) is 61.1 Å². The third-order valence-electron chi connectivity index (χ3n) is 5.97. The number of rotatable bonds is 7. The van der Waals surface area contributed by atoms with Gasteiger partial charge in [0.25, 0.3) is 5.91 Å². The number of halogens is 1. The number of carbonyl (C=O) groups excluding carboxylic acids is 3. The highest BCUT2D eigenvalue weighted by atomic mass is 35.5. The van der Waals surface area contributed by atoms with Crippen LogP contribution in [0.3, 0.4) is 0 Å². The molecule has 0 spiro atoms. The summed E-state index contributed by atoms with van der Waals surface area (Å²) in [6.45, 7) is 2.32. The van der Waals surface area contributed by atoms with Crippen molar-refractivity contribution < 1.29 is 28.6 Å². The van der Waals surface area contributed by atoms with Crippen LogP contribution in [0.1, 0.15) is 47.3 Å². The molecule has 7 nitrogen and oxygen atoms in total. The van der Waals surface area contributed by atoms with E-state index in [1.165, 1.54) is 0 Å². The zero-order valence-electron chi connectivity index (χ0n) is 19.1. The largest absolute Gasteiger partial charge is 0.497 e. The first kappa shape index (κ1) is 24.0. The van der Waals surface area contributed by atoms with Gasteiger partial charge in [-0.15, -0.1) is 0 Å². The summed E-state index contributed by atoms with van der Waals surface area (Å²) >= 11 is 6.28. The SMILES string of the molecule is COc1ccc2c(c1)c(CC(=O)CC(=O)OC1CCCCO1)c(C)n2C(=O)c1ccccc1Cl. The molecule has 0 radical (unpaired) electrons. The number of hydrogen-bond donors (Lipinski definition) is 0. The van der Waals surface area contributed by atoms with Crippen LogP contribution in [0.15, 0.2) is 42.5 Å². The van der Waals surface area contributed by atoms with E-state index in [4.69, 9.17) is 25.8 Å². The minimum absolute atomic E-state index is 0.0288. The minimum Gasteiger partial charge on any atom is -0.497 e. The van der Waals surface area contributed by atoms with Gasteiger partial charge in [-0.2, -0.15) is 0 Å². The van der Waals surface area contributed by atoms with Gasteiger partial charge in [0, 0.05) is 23.9 Å². The van der Waals surface area contributed by atoms with Crippen molar-refractivity contribution in [1.29, 1.82) is 0 Å². The molecular weight excluding hydrogens is 458 g/mol. The second-order valence-electron chi connectivity index (χ2n) is 8.25. The Hall–Kier alpha value is -3.16. The summed E-state index contributed by atoms with van der Waals surface area (Å²) in [5.41, 5.74) is 2.24. The molecular formula is C26H26ClNO6. The first-order valence-corrected chi connectivity index (χ1v) is 11.6. The number of Topliss-reactive ketones (excluding diaryl/α,β-unsaturated/α-hetero) is 1. The van der Waals surface area contributed by atoms with Gasteiger partial charge in [-0.25, -0.2) is 0 Å². The smallest absolute Gasteiger partial charge is 0.315 e. The van der Waals surface area contributed by atoms with Crippen molar-refractivity contribution in [3.63, 3.8) is 0 Å². The van der Waals surface area contributed by atoms with Gasteiger partial charge in [0.1, 0.15) is 18.0 Å². The molecule has 1 unspecified atom stereocenters. The lowest BCUT2D eigenvalue weighted by Crippen LogP contribution is -2.26. The highest BCUT2D eigenvalue weighted by Crippen LogP contribution is 2.32. The maximum Gasteiger partial charge on any atom is 0.315 e. The lowest BCUT2D eigenvalue weighted by Gasteiger charge is -2.22. The average molecular weight is 484 g/mol. The molecule has 178 valence electrons. The average Bonchev–Trinajstić information content (AvgIpc) is 3.09. The quantitative estimate of drug-likeness (QED) is 0.352. The topological polar surface area (TPSA) is 83.8 Å². The highest BCUT2D eigenvalue weighted by molar-refractivity contribution is 6.34. The van der Waals surface area contributed by atoms with E-state index >= 15 is 0 Å². The van der Waals surface area contributed by atoms with Crippen LogP contribution in [0.4, 0.5) is 0 Å². The van der Waals surface area contributed by atoms with E-state index in [0.29, 0.717) is 51.5 Å². The number of ether oxygens (including phenoxy) is 3. The molecule has 1 saturated heterocycles. The molecule has 8 heteroatoms. The van der Waals surface area contributed by atoms with Crippen LogP contribution in [0.5, 0.6) is 5.75 Å². The Bertz CT molecular complexity index is 1240. The van der Waals surface area contributed by atoms with Gasteiger partial charge >= 0.3 is 5.97 Å². The fraction of sp³-hybridized carbons (Fsp3) is 0.346. The Morgan fingerprint density at radius 2 is 1.94 bits per heavy atom. The summed E-state index contributed by atoms with van der Waals surface area (Å²) in [7, 11) is 1.55. The Kier molecular flexibility index (Phi) is 7.34. The zero-order valence-corrected chi connectivity index (χ0v) is 19.9. The van der Waals surface area contributed by atoms with Crippen molar-refractivity contribution in [2.45, 2.75) is 45.3 Å². The number of fused-ring (bicyclic) bond motifs is 1. The number of ketones is 1. The Morgan fingerprint density at radius 1 is 1.15 bits per heavy atom. The lowest BCUT2D eigenvalue weighted by molar-refractivity contribution is -0.186. The molecule has 34 heavy (non-hydrogen) atoms. The van der Waals surface area contributed by atoms with E-state index in [2.05, 4.69) is 0 Å². The minimum atomic E-state index is -0.608. The van der Waals surface area contributed by atoms with Crippen LogP contribution in [-0.2, 0) is 25.5 Å². The lowest BCUT2D eigenvalue weighted by atomic mass is 10.0. The van der Waals surface area contributed by atoms with Crippen molar-refractivity contribution in [3.05, 3.63) is 64.3 Å². The van der Waals surface area contributed by atoms with Crippen molar-refractivity contribution in [2.24, 2.45) is 0 Å². The molecule has 3 aromatic rings. The normalized spacial score (nSPS) is 15.8. The first-order chi connectivity index (χ1) is 16.4. The molecule has 0 bridgehead atoms. The molecule has 2 aromatic carbocycles. The maximum atomic E-state index is 13.4. The molecule has 0 N–H and O–H groups in total. The molecule has 1 aliphatic rings. The van der Waals surface area contributed by atoms with E-state index in [-0.39, 0.29) is 24.5 Å². The third-order valence-corrected chi connectivity index (χ3v) is 6.30. The zero-order chi connectivity index (χ0) is 24.2. The molecule has 1 atom stereocenters. The number of methoxy groups -OCH3 is 1. The van der Waals surface area contributed by atoms with Crippen LogP contribution in [0.25, 0.3) is 10.9 Å². The van der Waals surface area contributed by atoms with Crippen molar-refractivity contribution >= 4 is 40.2 Å². The Morgan fingerprint density at radius 3 is 2.65 bits per heavy atom. The van der Waals surface area contributed by atoms with Crippen LogP contribution in [0, 0.1) is 6.92 Å². The van der Waals surface area contributed by atoms with Crippen molar-refractivity contribution in [2.75, 3.05) is 13.7 Å². The number of benzene rings is 2. The van der Waals surface area contributed by atoms with E-state index < -0.39 is 12.3 Å². The van der Waals surface area contributed by atoms with Crippen LogP contribution in [0.2, 0.25) is 5.02 Å². The molecule has 4 rings (SSSR count). The molecule has 0 saturated carbocycles. The van der Waals surface area contributed by atoms with Crippen molar-refractivity contribution in [3.8, 4) is 5.75 Å². The van der Waals surface area contributed by atoms with Gasteiger partial charge in [0.2, 0.25) is 6.29 Å². The number of aromatic nitrogens is 1. The van der Waals surface area contributed by atoms with E-state index in [1.807, 2.05) is 0 Å². The molecule has 0 amide bonds. The van der Waals surface area contributed by atoms with E-state index in [0.717, 1.165) is 12.8 Å². The standard InChI is InChI=1S/C26H26ClNO6/c1-16-20(13-17(29)14-24(30)34-25-9-5-6-12-33-25)21-15-18(32-2)10-11-23(21)28(16)26(31)19-7-3-4-8-22(19)27/h3-4,7-8,10-11,15,25H,5-6,9,12-14H2,1-2H3. The van der Waals surface area contributed by atoms with Crippen LogP contribution in [-0.4, -0.2) is 42.2 Å². The first-order valence-electron chi connectivity index (χ1n) is 11.2. The summed E-state index contributed by atoms with van der Waals surface area (Å²) in [6.07, 6.45) is 1.51. The summed E-state index contributed by atoms with van der Waals surface area (Å²) in [4.78, 5) is 38.5. The molecule has 2 heterocycles. The number of esters is 1. The summed E-state index contributed by atoms with van der Waals surface area (Å²) in [5, 5.41) is 1.04. The van der Waals surface area contributed by atoms with Gasteiger partial charge in [-0.3, -0.25) is 19.0 Å². The van der Waals surface area contributed by atoms with Crippen LogP contribution >= 0.6 is 11.6 Å². The van der Waals surface area contributed by atoms with Gasteiger partial charge in [0.05, 0.1) is 29.8 Å². The molecule has 1 aliphatic heterocycles. The third kappa shape index (κ3) is 5.00. The molecule has 1 aromatic heterocycles. The fourth-order valence-electron chi connectivity index (χ4n) is 4.24. The van der Waals surface area contributed by atoms with Gasteiger partial charge in [-0.05, 0) is 55.7 Å². The van der Waals surface area contributed by atoms with Gasteiger partial charge in [0.15, 0.2) is 0 Å². The van der Waals surface area contributed by atoms with Gasteiger partial charge in [-0.1, -0.05) is 23.7 Å². The summed E-state index contributed by atoms with van der Waals surface area (Å²) in [6, 6.07) is 12.1. The second kappa shape index (κ2) is 10.4. The van der Waals surface area contributed by atoms with Crippen LogP contribution < -0.4 is 4.74 Å². The van der Waals surface area contributed by atoms with E-state index in [9.17, 15) is 14.4 Å². The summed E-state index contributed by atoms with van der Waals surface area (Å²) < 4.78 is 17.6. The number of hydrogen-bond acceptors (Lipinski definition) is 6. The Labute approximate surface area is 202 Å². The maximum absolute atomic E-state index is 13.4. The molecule has 1 fully saturated rings. The van der Waals surface area contributed by atoms with Gasteiger partial charge < -0.3 is 14.2 Å². The Balaban J connectivity index is 1.63. The monoisotopic (exact) mass is 483 g/mol. The summed E-state index contributed by atoms with van der Waals surface area (Å²) in [5.74, 6) is -0.623. The predicted octanol–water partition coefficient (Wildman–Crippen LogP) is 4.87. The number of carbonyl (C=O) groups is 3. The fourth-order valence-corrected chi connectivity index (χ4v) is 4.46. The number of nitrogens with zero attached hydrogens (tertiary/aromatic N) is 1. The molecule has 0 aliphatic carbocycles. The highest BCUT2D eigenvalue weighted by Gasteiger charge is 2.25. The predicted molar refractivity (Wildman–Crippen MR) is 127 cm³/mol. The van der Waals surface area contributed by atoms with Crippen molar-refractivity contribution in [1.82, 2.24) is 4.57 Å². The second-order valence-corrected chi connectivity index (χ2v) is 8.65.